The van der Waals surface area contributed by atoms with E-state index in [1.165, 1.54) is 16.3 Å². The fraction of sp³-hybridized carbons (Fsp3) is 0.0909. The summed E-state index contributed by atoms with van der Waals surface area (Å²) in [5.74, 6) is 0.194. The maximum Gasteiger partial charge on any atom is 0.300 e. The van der Waals surface area contributed by atoms with E-state index in [1.54, 1.807) is 16.8 Å². The van der Waals surface area contributed by atoms with Gasteiger partial charge in [-0.15, -0.1) is 10.2 Å². The van der Waals surface area contributed by atoms with Crippen molar-refractivity contribution >= 4 is 50.0 Å². The summed E-state index contributed by atoms with van der Waals surface area (Å²) in [5, 5.41) is 9.61. The molecule has 2 aromatic carbocycles. The highest BCUT2D eigenvalue weighted by atomic mass is 79.9. The number of ketones is 1. The van der Waals surface area contributed by atoms with Gasteiger partial charge < -0.3 is 4.98 Å². The minimum absolute atomic E-state index is 0.0000884. The molecule has 0 atom stereocenters. The fourth-order valence-corrected chi connectivity index (χ4v) is 4.66. The Morgan fingerprint density at radius 2 is 1.87 bits per heavy atom. The molecular weight excluding hydrogens is 478 g/mol. The van der Waals surface area contributed by atoms with E-state index < -0.39 is 0 Å². The fourth-order valence-electron chi connectivity index (χ4n) is 3.61. The lowest BCUT2D eigenvalue weighted by molar-refractivity contribution is 0.102. The first-order valence-corrected chi connectivity index (χ1v) is 11.3. The molecule has 7 nitrogen and oxygen atoms in total. The normalized spacial score (nSPS) is 11.4. The van der Waals surface area contributed by atoms with Gasteiger partial charge in [0.2, 0.25) is 5.65 Å². The van der Waals surface area contributed by atoms with E-state index in [9.17, 15) is 9.59 Å². The average molecular weight is 494 g/mol. The molecule has 5 rings (SSSR count). The second-order valence-electron chi connectivity index (χ2n) is 7.01. The maximum absolute atomic E-state index is 12.9. The molecule has 1 N–H and O–H groups in total. The summed E-state index contributed by atoms with van der Waals surface area (Å²) < 4.78 is 4.07. The molecule has 0 spiro atoms. The number of hydrogen-bond acceptors (Lipinski definition) is 5. The summed E-state index contributed by atoms with van der Waals surface area (Å²) >= 11 is 4.66. The quantitative estimate of drug-likeness (QED) is 0.289. The predicted molar refractivity (Wildman–Crippen MR) is 124 cm³/mol. The van der Waals surface area contributed by atoms with E-state index in [0.29, 0.717) is 10.7 Å². The molecule has 0 aliphatic carbocycles. The van der Waals surface area contributed by atoms with E-state index in [0.717, 1.165) is 26.8 Å². The molecule has 0 saturated heterocycles. The molecule has 9 heteroatoms. The molecule has 0 fully saturated rings. The van der Waals surface area contributed by atoms with Gasteiger partial charge in [-0.2, -0.15) is 0 Å². The van der Waals surface area contributed by atoms with Crippen LogP contribution in [-0.4, -0.2) is 35.7 Å². The molecule has 0 amide bonds. The van der Waals surface area contributed by atoms with Crippen molar-refractivity contribution in [2.75, 3.05) is 5.75 Å². The molecule has 31 heavy (non-hydrogen) atoms. The smallest absolute Gasteiger partial charge is 0.300 e. The molecule has 154 valence electrons. The third-order valence-electron chi connectivity index (χ3n) is 5.05. The first-order chi connectivity index (χ1) is 15.0. The second kappa shape index (κ2) is 7.82. The Balaban J connectivity index is 1.43. The zero-order chi connectivity index (χ0) is 21.5. The summed E-state index contributed by atoms with van der Waals surface area (Å²) in [6, 6.07) is 15.2. The molecule has 0 aliphatic rings. The topological polar surface area (TPSA) is 85.1 Å². The number of hydrogen-bond donors (Lipinski definition) is 1. The van der Waals surface area contributed by atoms with Crippen molar-refractivity contribution < 1.29 is 4.79 Å². The Hall–Kier alpha value is -3.17. The van der Waals surface area contributed by atoms with Gasteiger partial charge in [0.25, 0.3) is 0 Å². The number of rotatable bonds is 5. The number of halogens is 1. The van der Waals surface area contributed by atoms with Crippen molar-refractivity contribution in [1.29, 1.82) is 0 Å². The molecule has 0 radical (unpaired) electrons. The Bertz CT molecular complexity index is 1500. The van der Waals surface area contributed by atoms with Crippen molar-refractivity contribution in [3.63, 3.8) is 0 Å². The number of nitrogens with one attached hydrogen (secondary N) is 1. The number of benzene rings is 2. The van der Waals surface area contributed by atoms with E-state index in [1.807, 2.05) is 55.5 Å². The van der Waals surface area contributed by atoms with Crippen LogP contribution in [0.2, 0.25) is 0 Å². The van der Waals surface area contributed by atoms with Gasteiger partial charge in [0.05, 0.1) is 5.75 Å². The van der Waals surface area contributed by atoms with Crippen LogP contribution in [0.3, 0.4) is 0 Å². The number of carbonyl (C=O) groups excluding carboxylic acids is 1. The summed E-state index contributed by atoms with van der Waals surface area (Å²) in [6.07, 6.45) is 3.42. The standard InChI is InChI=1S/C22H16BrN5O2S/c1-13-19(16-4-2-3-5-17(16)24-13)18(29)12-31-22-26-25-20-21(30)27(10-11-28(20)22)15-8-6-14(23)7-9-15/h2-11,24H,12H2,1H3. The Morgan fingerprint density at radius 1 is 1.10 bits per heavy atom. The summed E-state index contributed by atoms with van der Waals surface area (Å²) in [6.45, 7) is 1.90. The zero-order valence-electron chi connectivity index (χ0n) is 16.4. The van der Waals surface area contributed by atoms with Crippen LogP contribution in [-0.2, 0) is 0 Å². The third-order valence-corrected chi connectivity index (χ3v) is 6.52. The van der Waals surface area contributed by atoms with Crippen LogP contribution >= 0.6 is 27.7 Å². The number of aromatic nitrogens is 5. The zero-order valence-corrected chi connectivity index (χ0v) is 18.8. The van der Waals surface area contributed by atoms with Crippen LogP contribution in [0.5, 0.6) is 0 Å². The van der Waals surface area contributed by atoms with E-state index in [2.05, 4.69) is 31.1 Å². The predicted octanol–water partition coefficient (Wildman–Crippen LogP) is 4.41. The van der Waals surface area contributed by atoms with Gasteiger partial charge in [0.1, 0.15) is 0 Å². The number of thioether (sulfide) groups is 1. The molecule has 0 aliphatic heterocycles. The minimum atomic E-state index is -0.275. The van der Waals surface area contributed by atoms with E-state index >= 15 is 0 Å². The van der Waals surface area contributed by atoms with Crippen LogP contribution in [0.25, 0.3) is 22.2 Å². The van der Waals surface area contributed by atoms with Crippen molar-refractivity contribution in [2.24, 2.45) is 0 Å². The Kier molecular flexibility index (Phi) is 4.99. The van der Waals surface area contributed by atoms with Crippen LogP contribution < -0.4 is 5.56 Å². The highest BCUT2D eigenvalue weighted by Crippen LogP contribution is 2.25. The molecule has 3 aromatic heterocycles. The number of fused-ring (bicyclic) bond motifs is 2. The summed E-state index contributed by atoms with van der Waals surface area (Å²) in [4.78, 5) is 29.1. The number of H-pyrrole nitrogens is 1. The summed E-state index contributed by atoms with van der Waals surface area (Å²) in [5.41, 5.74) is 3.14. The number of aromatic amines is 1. The number of para-hydroxylation sites is 1. The number of Topliss-reactive ketones (excluding diaryl/α,β-unsaturated/α-hetero) is 1. The maximum atomic E-state index is 12.9. The van der Waals surface area contributed by atoms with Gasteiger partial charge in [-0.3, -0.25) is 18.6 Å². The van der Waals surface area contributed by atoms with Crippen LogP contribution in [0, 0.1) is 6.92 Å². The Morgan fingerprint density at radius 3 is 2.68 bits per heavy atom. The summed E-state index contributed by atoms with van der Waals surface area (Å²) in [7, 11) is 0. The van der Waals surface area contributed by atoms with Crippen molar-refractivity contribution in [2.45, 2.75) is 12.1 Å². The number of nitrogens with zero attached hydrogens (tertiary/aromatic N) is 4. The molecule has 0 unspecified atom stereocenters. The largest absolute Gasteiger partial charge is 0.358 e. The molecule has 5 aromatic rings. The minimum Gasteiger partial charge on any atom is -0.358 e. The molecule has 3 heterocycles. The second-order valence-corrected chi connectivity index (χ2v) is 8.87. The van der Waals surface area contributed by atoms with Gasteiger partial charge in [-0.05, 0) is 37.3 Å². The lowest BCUT2D eigenvalue weighted by atomic mass is 10.1. The van der Waals surface area contributed by atoms with E-state index in [-0.39, 0.29) is 22.7 Å². The molecular formula is C22H16BrN5O2S. The van der Waals surface area contributed by atoms with Gasteiger partial charge >= 0.3 is 5.56 Å². The average Bonchev–Trinajstić information content (AvgIpc) is 3.33. The SMILES string of the molecule is Cc1[nH]c2ccccc2c1C(=O)CSc1nnc2c(=O)n(-c3ccc(Br)cc3)ccn12. The van der Waals surface area contributed by atoms with Crippen molar-refractivity contribution in [1.82, 2.24) is 24.1 Å². The van der Waals surface area contributed by atoms with Gasteiger partial charge in [0.15, 0.2) is 10.9 Å². The highest BCUT2D eigenvalue weighted by Gasteiger charge is 2.18. The monoisotopic (exact) mass is 493 g/mol. The van der Waals surface area contributed by atoms with Gasteiger partial charge in [-0.25, -0.2) is 0 Å². The van der Waals surface area contributed by atoms with Gasteiger partial charge in [0, 0.05) is 44.7 Å². The number of aryl methyl sites for hydroxylation is 1. The van der Waals surface area contributed by atoms with E-state index in [4.69, 9.17) is 0 Å². The lowest BCUT2D eigenvalue weighted by Crippen LogP contribution is -2.20. The van der Waals surface area contributed by atoms with Crippen molar-refractivity contribution in [3.05, 3.63) is 87.0 Å². The lowest BCUT2D eigenvalue weighted by Gasteiger charge is -2.06. The first kappa shape index (κ1) is 19.8. The third kappa shape index (κ3) is 3.49. The molecule has 0 saturated carbocycles. The first-order valence-electron chi connectivity index (χ1n) is 9.48. The highest BCUT2D eigenvalue weighted by molar-refractivity contribution is 9.10. The molecule has 0 bridgehead atoms. The van der Waals surface area contributed by atoms with Crippen molar-refractivity contribution in [3.8, 4) is 5.69 Å². The van der Waals surface area contributed by atoms with Gasteiger partial charge in [-0.1, -0.05) is 45.9 Å². The van der Waals surface area contributed by atoms with Crippen LogP contribution in [0.4, 0.5) is 0 Å². The van der Waals surface area contributed by atoms with Crippen LogP contribution in [0.1, 0.15) is 16.1 Å². The Labute approximate surface area is 189 Å². The number of carbonyl (C=O) groups is 1. The van der Waals surface area contributed by atoms with Crippen LogP contribution in [0.15, 0.2) is 75.3 Å².